The summed E-state index contributed by atoms with van der Waals surface area (Å²) in [5, 5.41) is 3.88. The van der Waals surface area contributed by atoms with Gasteiger partial charge in [0.15, 0.2) is 0 Å². The van der Waals surface area contributed by atoms with Crippen molar-refractivity contribution in [3.63, 3.8) is 0 Å². The van der Waals surface area contributed by atoms with Gasteiger partial charge in [-0.05, 0) is 18.1 Å². The standard InChI is InChI=1S/C20H20N4O2/c25-20-13-6-1-2-7-16(13)26-17(11-23-20)14-9-22-19-15(14)10-21-18(24-19)8-12-4-3-5-12/h1-2,6-7,9-10,12,17H,3-5,8,11H2,(H,23,25)(H,21,22,24). The van der Waals surface area contributed by atoms with Crippen LogP contribution in [0.2, 0.25) is 0 Å². The molecule has 6 nitrogen and oxygen atoms in total. The van der Waals surface area contributed by atoms with Gasteiger partial charge >= 0.3 is 0 Å². The number of H-pyrrole nitrogens is 1. The Morgan fingerprint density at radius 1 is 1.23 bits per heavy atom. The highest BCUT2D eigenvalue weighted by atomic mass is 16.5. The van der Waals surface area contributed by atoms with Gasteiger partial charge in [-0.25, -0.2) is 9.97 Å². The van der Waals surface area contributed by atoms with E-state index in [0.717, 1.165) is 34.8 Å². The number of benzene rings is 1. The van der Waals surface area contributed by atoms with Crippen LogP contribution in [0.5, 0.6) is 5.75 Å². The number of carbonyl (C=O) groups is 1. The maximum Gasteiger partial charge on any atom is 0.255 e. The van der Waals surface area contributed by atoms with E-state index in [-0.39, 0.29) is 12.0 Å². The molecule has 1 unspecified atom stereocenters. The molecule has 1 fully saturated rings. The number of fused-ring (bicyclic) bond motifs is 2. The summed E-state index contributed by atoms with van der Waals surface area (Å²) in [6.45, 7) is 0.407. The summed E-state index contributed by atoms with van der Waals surface area (Å²) < 4.78 is 6.14. The fourth-order valence-corrected chi connectivity index (χ4v) is 3.69. The highest BCUT2D eigenvalue weighted by molar-refractivity contribution is 5.97. The average Bonchev–Trinajstić information content (AvgIpc) is 2.97. The predicted octanol–water partition coefficient (Wildman–Crippen LogP) is 3.16. The number of amides is 1. The molecule has 0 spiro atoms. The Bertz CT molecular complexity index is 977. The van der Waals surface area contributed by atoms with Crippen molar-refractivity contribution in [3.8, 4) is 5.75 Å². The number of nitrogens with zero attached hydrogens (tertiary/aromatic N) is 2. The first kappa shape index (κ1) is 15.4. The van der Waals surface area contributed by atoms with E-state index in [4.69, 9.17) is 4.74 Å². The minimum absolute atomic E-state index is 0.109. The maximum atomic E-state index is 12.2. The molecule has 2 N–H and O–H groups in total. The Hall–Kier alpha value is -2.89. The summed E-state index contributed by atoms with van der Waals surface area (Å²) in [6.07, 6.45) is 8.36. The van der Waals surface area contributed by atoms with Crippen LogP contribution in [-0.4, -0.2) is 27.4 Å². The lowest BCUT2D eigenvalue weighted by molar-refractivity contribution is 0.0951. The molecule has 1 aliphatic carbocycles. The smallest absolute Gasteiger partial charge is 0.255 e. The van der Waals surface area contributed by atoms with Gasteiger partial charge in [0.1, 0.15) is 23.3 Å². The molecule has 2 aromatic heterocycles. The zero-order valence-corrected chi connectivity index (χ0v) is 14.4. The van der Waals surface area contributed by atoms with Crippen LogP contribution in [-0.2, 0) is 6.42 Å². The molecule has 1 saturated carbocycles. The molecule has 3 aromatic rings. The van der Waals surface area contributed by atoms with Gasteiger partial charge in [-0.1, -0.05) is 31.4 Å². The van der Waals surface area contributed by atoms with Gasteiger partial charge in [-0.2, -0.15) is 0 Å². The molecule has 1 amide bonds. The predicted molar refractivity (Wildman–Crippen MR) is 97.1 cm³/mol. The van der Waals surface area contributed by atoms with Crippen molar-refractivity contribution in [1.82, 2.24) is 20.3 Å². The van der Waals surface area contributed by atoms with Crippen molar-refractivity contribution in [2.24, 2.45) is 5.92 Å². The molecule has 5 rings (SSSR count). The molecular weight excluding hydrogens is 328 g/mol. The van der Waals surface area contributed by atoms with Crippen LogP contribution in [0.4, 0.5) is 0 Å². The SMILES string of the molecule is O=C1NCC(c2c[nH]c3nc(CC4CCC4)ncc23)Oc2ccccc21. The summed E-state index contributed by atoms with van der Waals surface area (Å²) >= 11 is 0. The van der Waals surface area contributed by atoms with Crippen LogP contribution in [0.15, 0.2) is 36.7 Å². The summed E-state index contributed by atoms with van der Waals surface area (Å²) in [7, 11) is 0. The Labute approximate surface area is 151 Å². The van der Waals surface area contributed by atoms with Crippen molar-refractivity contribution in [2.45, 2.75) is 31.8 Å². The van der Waals surface area contributed by atoms with E-state index in [0.29, 0.717) is 17.9 Å². The summed E-state index contributed by atoms with van der Waals surface area (Å²) in [5.74, 6) is 2.13. The minimum Gasteiger partial charge on any atom is -0.483 e. The van der Waals surface area contributed by atoms with Crippen molar-refractivity contribution < 1.29 is 9.53 Å². The molecule has 6 heteroatoms. The van der Waals surface area contributed by atoms with Gasteiger partial charge in [0.05, 0.1) is 12.1 Å². The molecule has 0 saturated heterocycles. The molecular formula is C20H20N4O2. The first-order chi connectivity index (χ1) is 12.8. The van der Waals surface area contributed by atoms with Gasteiger partial charge in [-0.3, -0.25) is 4.79 Å². The van der Waals surface area contributed by atoms with Crippen LogP contribution in [0.1, 0.15) is 47.1 Å². The number of rotatable bonds is 3. The number of ether oxygens (including phenoxy) is 1. The van der Waals surface area contributed by atoms with Gasteiger partial charge in [0.25, 0.3) is 5.91 Å². The van der Waals surface area contributed by atoms with Crippen molar-refractivity contribution in [1.29, 1.82) is 0 Å². The molecule has 26 heavy (non-hydrogen) atoms. The number of carbonyl (C=O) groups excluding carboxylic acids is 1. The van der Waals surface area contributed by atoms with Crippen LogP contribution in [0.3, 0.4) is 0 Å². The van der Waals surface area contributed by atoms with Gasteiger partial charge < -0.3 is 15.0 Å². The largest absolute Gasteiger partial charge is 0.483 e. The van der Waals surface area contributed by atoms with Crippen molar-refractivity contribution >= 4 is 16.9 Å². The van der Waals surface area contributed by atoms with Crippen molar-refractivity contribution in [3.05, 3.63) is 53.6 Å². The van der Waals surface area contributed by atoms with E-state index in [1.54, 1.807) is 6.07 Å². The number of hydrogen-bond acceptors (Lipinski definition) is 4. The third kappa shape index (κ3) is 2.62. The van der Waals surface area contributed by atoms with Crippen LogP contribution < -0.4 is 10.1 Å². The maximum absolute atomic E-state index is 12.2. The number of hydrogen-bond donors (Lipinski definition) is 2. The van der Waals surface area contributed by atoms with E-state index in [1.807, 2.05) is 30.6 Å². The Morgan fingerprint density at radius 3 is 2.96 bits per heavy atom. The fraction of sp³-hybridized carbons (Fsp3) is 0.350. The topological polar surface area (TPSA) is 79.9 Å². The molecule has 1 aromatic carbocycles. The van der Waals surface area contributed by atoms with Crippen LogP contribution >= 0.6 is 0 Å². The highest BCUT2D eigenvalue weighted by Gasteiger charge is 2.26. The third-order valence-electron chi connectivity index (χ3n) is 5.41. The lowest BCUT2D eigenvalue weighted by Gasteiger charge is -2.24. The molecule has 3 heterocycles. The van der Waals surface area contributed by atoms with Gasteiger partial charge in [0, 0.05) is 29.8 Å². The van der Waals surface area contributed by atoms with E-state index in [1.165, 1.54) is 19.3 Å². The molecule has 2 aliphatic rings. The quantitative estimate of drug-likeness (QED) is 0.762. The second kappa shape index (κ2) is 6.12. The number of aromatic nitrogens is 3. The number of aromatic amines is 1. The van der Waals surface area contributed by atoms with E-state index < -0.39 is 0 Å². The van der Waals surface area contributed by atoms with Gasteiger partial charge in [0.2, 0.25) is 0 Å². The van der Waals surface area contributed by atoms with E-state index >= 15 is 0 Å². The number of nitrogens with one attached hydrogen (secondary N) is 2. The first-order valence-corrected chi connectivity index (χ1v) is 9.15. The second-order valence-electron chi connectivity index (χ2n) is 7.11. The molecule has 1 atom stereocenters. The first-order valence-electron chi connectivity index (χ1n) is 9.15. The monoisotopic (exact) mass is 348 g/mol. The Balaban J connectivity index is 1.46. The van der Waals surface area contributed by atoms with Gasteiger partial charge in [-0.15, -0.1) is 0 Å². The minimum atomic E-state index is -0.280. The lowest BCUT2D eigenvalue weighted by atomic mass is 9.83. The van der Waals surface area contributed by atoms with Crippen LogP contribution in [0, 0.1) is 5.92 Å². The molecule has 132 valence electrons. The van der Waals surface area contributed by atoms with E-state index in [2.05, 4.69) is 20.3 Å². The van der Waals surface area contributed by atoms with Crippen LogP contribution in [0.25, 0.3) is 11.0 Å². The molecule has 0 radical (unpaired) electrons. The van der Waals surface area contributed by atoms with Crippen molar-refractivity contribution in [2.75, 3.05) is 6.54 Å². The lowest BCUT2D eigenvalue weighted by Crippen LogP contribution is -2.26. The highest BCUT2D eigenvalue weighted by Crippen LogP contribution is 2.32. The summed E-state index contributed by atoms with van der Waals surface area (Å²) in [4.78, 5) is 24.7. The third-order valence-corrected chi connectivity index (χ3v) is 5.41. The summed E-state index contributed by atoms with van der Waals surface area (Å²) in [5.41, 5.74) is 2.36. The molecule has 0 bridgehead atoms. The number of para-hydroxylation sites is 1. The molecule has 1 aliphatic heterocycles. The average molecular weight is 348 g/mol. The Morgan fingerprint density at radius 2 is 2.12 bits per heavy atom. The summed E-state index contributed by atoms with van der Waals surface area (Å²) in [6, 6.07) is 7.32. The fourth-order valence-electron chi connectivity index (χ4n) is 3.69. The Kier molecular flexibility index (Phi) is 3.62. The second-order valence-corrected chi connectivity index (χ2v) is 7.11. The zero-order valence-electron chi connectivity index (χ0n) is 14.4. The normalized spacial score (nSPS) is 20.0. The zero-order chi connectivity index (χ0) is 17.5. The van der Waals surface area contributed by atoms with E-state index in [9.17, 15) is 4.79 Å².